The molecule has 1 aromatic heterocycles. The molecule has 1 heterocycles. The van der Waals surface area contributed by atoms with Crippen molar-refractivity contribution in [1.29, 1.82) is 0 Å². The van der Waals surface area contributed by atoms with E-state index >= 15 is 0 Å². The van der Waals surface area contributed by atoms with Crippen molar-refractivity contribution in [3.63, 3.8) is 0 Å². The predicted molar refractivity (Wildman–Crippen MR) is 97.1 cm³/mol. The molecule has 1 aliphatic carbocycles. The summed E-state index contributed by atoms with van der Waals surface area (Å²) >= 11 is 1.60. The second kappa shape index (κ2) is 7.35. The molecule has 1 aliphatic rings. The van der Waals surface area contributed by atoms with Crippen LogP contribution >= 0.6 is 11.3 Å². The highest BCUT2D eigenvalue weighted by atomic mass is 32.1. The molecular formula is C19H22N2O3S. The number of ether oxygens (including phenoxy) is 1. The van der Waals surface area contributed by atoms with Gasteiger partial charge < -0.3 is 10.1 Å². The second-order valence-electron chi connectivity index (χ2n) is 6.50. The van der Waals surface area contributed by atoms with Gasteiger partial charge in [-0.05, 0) is 38.8 Å². The molecular weight excluding hydrogens is 336 g/mol. The highest BCUT2D eigenvalue weighted by Crippen LogP contribution is 2.40. The first kappa shape index (κ1) is 17.6. The van der Waals surface area contributed by atoms with Gasteiger partial charge in [0.1, 0.15) is 10.8 Å². The summed E-state index contributed by atoms with van der Waals surface area (Å²) in [4.78, 5) is 28.5. The molecule has 132 valence electrons. The fraction of sp³-hybridized carbons (Fsp3) is 0.421. The summed E-state index contributed by atoms with van der Waals surface area (Å²) in [6.07, 6.45) is 3.98. The summed E-state index contributed by atoms with van der Waals surface area (Å²) in [5, 5.41) is 6.15. The smallest absolute Gasteiger partial charge is 0.258 e. The average molecular weight is 358 g/mol. The van der Waals surface area contributed by atoms with Gasteiger partial charge >= 0.3 is 0 Å². The van der Waals surface area contributed by atoms with Crippen molar-refractivity contribution >= 4 is 23.0 Å². The predicted octanol–water partition coefficient (Wildman–Crippen LogP) is 3.62. The monoisotopic (exact) mass is 358 g/mol. The van der Waals surface area contributed by atoms with Crippen LogP contribution in [-0.2, 0) is 10.3 Å². The van der Waals surface area contributed by atoms with Gasteiger partial charge in [0.2, 0.25) is 0 Å². The van der Waals surface area contributed by atoms with Crippen LogP contribution in [0.2, 0.25) is 0 Å². The van der Waals surface area contributed by atoms with Gasteiger partial charge in [-0.1, -0.05) is 25.0 Å². The van der Waals surface area contributed by atoms with E-state index in [0.717, 1.165) is 36.4 Å². The number of aromatic nitrogens is 1. The molecule has 1 aromatic carbocycles. The molecule has 3 rings (SSSR count). The molecule has 0 spiro atoms. The molecule has 0 unspecified atom stereocenters. The number of hydrogen-bond acceptors (Lipinski definition) is 5. The summed E-state index contributed by atoms with van der Waals surface area (Å²) in [7, 11) is 0. The minimum atomic E-state index is -0.361. The molecule has 1 saturated carbocycles. The Morgan fingerprint density at radius 3 is 2.72 bits per heavy atom. The largest absolute Gasteiger partial charge is 0.484 e. The number of hydrogen-bond donors (Lipinski definition) is 1. The molecule has 0 radical (unpaired) electrons. The minimum Gasteiger partial charge on any atom is -0.484 e. The number of carbonyl (C=O) groups is 2. The number of thiazole rings is 1. The third-order valence-electron chi connectivity index (χ3n) is 4.47. The van der Waals surface area contributed by atoms with E-state index in [9.17, 15) is 9.59 Å². The van der Waals surface area contributed by atoms with Crippen molar-refractivity contribution in [1.82, 2.24) is 10.3 Å². The Morgan fingerprint density at radius 2 is 2.08 bits per heavy atom. The molecule has 25 heavy (non-hydrogen) atoms. The quantitative estimate of drug-likeness (QED) is 0.801. The fourth-order valence-corrected chi connectivity index (χ4v) is 4.21. The van der Waals surface area contributed by atoms with Crippen LogP contribution in [-0.4, -0.2) is 23.3 Å². The van der Waals surface area contributed by atoms with E-state index in [1.807, 2.05) is 12.3 Å². The van der Waals surface area contributed by atoms with Crippen LogP contribution in [0.5, 0.6) is 5.75 Å². The number of benzene rings is 1. The van der Waals surface area contributed by atoms with Crippen molar-refractivity contribution in [2.75, 3.05) is 6.61 Å². The van der Waals surface area contributed by atoms with Gasteiger partial charge in [0.25, 0.3) is 5.91 Å². The topological polar surface area (TPSA) is 68.3 Å². The van der Waals surface area contributed by atoms with Crippen LogP contribution in [0.1, 0.15) is 53.7 Å². The van der Waals surface area contributed by atoms with Gasteiger partial charge in [-0.25, -0.2) is 4.98 Å². The number of nitrogens with zero attached hydrogens (tertiary/aromatic N) is 1. The number of amides is 1. The van der Waals surface area contributed by atoms with Crippen LogP contribution in [0.25, 0.3) is 0 Å². The molecule has 0 saturated heterocycles. The molecule has 1 N–H and O–H groups in total. The summed E-state index contributed by atoms with van der Waals surface area (Å²) in [5.41, 5.74) is 1.20. The molecule has 2 aromatic rings. The van der Waals surface area contributed by atoms with Gasteiger partial charge in [0.15, 0.2) is 12.4 Å². The minimum absolute atomic E-state index is 0.0288. The van der Waals surface area contributed by atoms with Crippen LogP contribution in [0, 0.1) is 6.92 Å². The SMILES string of the molecule is CC(=O)c1cccc(OCC(=O)NC2(c3nc(C)cs3)CCCC2)c1. The lowest BCUT2D eigenvalue weighted by molar-refractivity contribution is -0.125. The van der Waals surface area contributed by atoms with Gasteiger partial charge in [-0.15, -0.1) is 11.3 Å². The fourth-order valence-electron chi connectivity index (χ4n) is 3.20. The van der Waals surface area contributed by atoms with Crippen molar-refractivity contribution in [2.45, 2.75) is 45.1 Å². The zero-order valence-electron chi connectivity index (χ0n) is 14.5. The van der Waals surface area contributed by atoms with E-state index in [1.165, 1.54) is 6.92 Å². The van der Waals surface area contributed by atoms with Crippen LogP contribution < -0.4 is 10.1 Å². The maximum absolute atomic E-state index is 12.5. The Bertz CT molecular complexity index is 778. The number of aryl methyl sites for hydroxylation is 1. The maximum atomic E-state index is 12.5. The summed E-state index contributed by atoms with van der Waals surface area (Å²) in [6.45, 7) is 3.40. The zero-order chi connectivity index (χ0) is 17.9. The number of rotatable bonds is 6. The molecule has 1 amide bonds. The third-order valence-corrected chi connectivity index (χ3v) is 5.64. The molecule has 1 fully saturated rings. The van der Waals surface area contributed by atoms with E-state index in [-0.39, 0.29) is 23.8 Å². The highest BCUT2D eigenvalue weighted by molar-refractivity contribution is 7.09. The van der Waals surface area contributed by atoms with Gasteiger partial charge in [-0.3, -0.25) is 9.59 Å². The first-order valence-corrected chi connectivity index (χ1v) is 9.34. The summed E-state index contributed by atoms with van der Waals surface area (Å²) in [5.74, 6) is 0.329. The highest BCUT2D eigenvalue weighted by Gasteiger charge is 2.39. The Morgan fingerprint density at radius 1 is 1.32 bits per heavy atom. The van der Waals surface area contributed by atoms with Crippen molar-refractivity contribution < 1.29 is 14.3 Å². The van der Waals surface area contributed by atoms with Gasteiger partial charge in [0, 0.05) is 16.6 Å². The standard InChI is InChI=1S/C19H22N2O3S/c1-13-12-25-18(20-13)19(8-3-4-9-19)21-17(23)11-24-16-7-5-6-15(10-16)14(2)22/h5-7,10,12H,3-4,8-9,11H2,1-2H3,(H,21,23). The normalized spacial score (nSPS) is 15.8. The van der Waals surface area contributed by atoms with Crippen LogP contribution in [0.15, 0.2) is 29.6 Å². The third kappa shape index (κ3) is 4.07. The van der Waals surface area contributed by atoms with E-state index in [4.69, 9.17) is 4.74 Å². The van der Waals surface area contributed by atoms with Crippen molar-refractivity contribution in [3.05, 3.63) is 45.9 Å². The lowest BCUT2D eigenvalue weighted by atomic mass is 9.98. The average Bonchev–Trinajstić information content (AvgIpc) is 3.23. The Balaban J connectivity index is 1.65. The van der Waals surface area contributed by atoms with Crippen LogP contribution in [0.3, 0.4) is 0 Å². The van der Waals surface area contributed by atoms with E-state index in [0.29, 0.717) is 11.3 Å². The van der Waals surface area contributed by atoms with Crippen molar-refractivity contribution in [3.8, 4) is 5.75 Å². The van der Waals surface area contributed by atoms with Gasteiger partial charge in [0.05, 0.1) is 5.54 Å². The van der Waals surface area contributed by atoms with Crippen LogP contribution in [0.4, 0.5) is 0 Å². The van der Waals surface area contributed by atoms with E-state index < -0.39 is 0 Å². The summed E-state index contributed by atoms with van der Waals surface area (Å²) < 4.78 is 5.57. The molecule has 5 nitrogen and oxygen atoms in total. The van der Waals surface area contributed by atoms with E-state index in [1.54, 1.807) is 35.6 Å². The molecule has 0 bridgehead atoms. The first-order valence-electron chi connectivity index (χ1n) is 8.46. The Labute approximate surface area is 151 Å². The van der Waals surface area contributed by atoms with Gasteiger partial charge in [-0.2, -0.15) is 0 Å². The Hall–Kier alpha value is -2.21. The molecule has 6 heteroatoms. The van der Waals surface area contributed by atoms with E-state index in [2.05, 4.69) is 10.3 Å². The maximum Gasteiger partial charge on any atom is 0.258 e. The number of nitrogens with one attached hydrogen (secondary N) is 1. The number of Topliss-reactive ketones (excluding diaryl/α,β-unsaturated/α-hetero) is 1. The molecule has 0 atom stereocenters. The second-order valence-corrected chi connectivity index (χ2v) is 7.36. The van der Waals surface area contributed by atoms with Crippen molar-refractivity contribution in [2.24, 2.45) is 0 Å². The number of ketones is 1. The summed E-state index contributed by atoms with van der Waals surface area (Å²) in [6, 6.07) is 6.88. The lowest BCUT2D eigenvalue weighted by Gasteiger charge is -2.28. The molecule has 0 aliphatic heterocycles. The first-order chi connectivity index (χ1) is 12.0. The zero-order valence-corrected chi connectivity index (χ0v) is 15.3. The number of carbonyl (C=O) groups excluding carboxylic acids is 2. The Kier molecular flexibility index (Phi) is 5.18. The lowest BCUT2D eigenvalue weighted by Crippen LogP contribution is -2.45.